The molecule has 6 nitrogen and oxygen atoms in total. The van der Waals surface area contributed by atoms with Gasteiger partial charge in [0, 0.05) is 13.2 Å². The zero-order chi connectivity index (χ0) is 12.3. The second kappa shape index (κ2) is 5.46. The van der Waals surface area contributed by atoms with Gasteiger partial charge >= 0.3 is 0 Å². The molecule has 0 saturated carbocycles. The lowest BCUT2D eigenvalue weighted by atomic mass is 10.2. The van der Waals surface area contributed by atoms with Crippen LogP contribution in [0.25, 0.3) is 0 Å². The van der Waals surface area contributed by atoms with Gasteiger partial charge in [-0.2, -0.15) is 0 Å². The van der Waals surface area contributed by atoms with E-state index in [2.05, 4.69) is 15.1 Å². The largest absolute Gasteiger partial charge is 0.539 e. The highest BCUT2D eigenvalue weighted by molar-refractivity contribution is 5.02. The van der Waals surface area contributed by atoms with E-state index in [0.29, 0.717) is 12.2 Å². The minimum Gasteiger partial charge on any atom is -0.539 e. The summed E-state index contributed by atoms with van der Waals surface area (Å²) in [6.45, 7) is 6.01. The van der Waals surface area contributed by atoms with Crippen LogP contribution in [-0.4, -0.2) is 24.5 Å². The van der Waals surface area contributed by atoms with Gasteiger partial charge in [-0.05, 0) is 26.7 Å². The fourth-order valence-corrected chi connectivity index (χ4v) is 1.99. The van der Waals surface area contributed by atoms with Crippen molar-refractivity contribution in [3.05, 3.63) is 5.69 Å². The molecule has 1 atom stereocenters. The molecular formula is C11H19N3O3. The van der Waals surface area contributed by atoms with Gasteiger partial charge in [0.1, 0.15) is 0 Å². The van der Waals surface area contributed by atoms with Crippen LogP contribution < -0.4 is 15.1 Å². The third-order valence-electron chi connectivity index (χ3n) is 2.90. The highest BCUT2D eigenvalue weighted by Crippen LogP contribution is 2.12. The third kappa shape index (κ3) is 2.95. The van der Waals surface area contributed by atoms with Crippen LogP contribution in [0.5, 0.6) is 5.95 Å². The van der Waals surface area contributed by atoms with Gasteiger partial charge < -0.3 is 19.7 Å². The zero-order valence-corrected chi connectivity index (χ0v) is 10.3. The molecule has 1 N–H and O–H groups in total. The van der Waals surface area contributed by atoms with E-state index in [1.54, 1.807) is 4.68 Å². The molecule has 1 fully saturated rings. The molecule has 1 unspecified atom stereocenters. The monoisotopic (exact) mass is 241 g/mol. The number of nitrogens with zero attached hydrogens (tertiary/aromatic N) is 2. The van der Waals surface area contributed by atoms with E-state index in [1.807, 2.05) is 13.8 Å². The van der Waals surface area contributed by atoms with Crippen molar-refractivity contribution in [2.45, 2.75) is 45.4 Å². The van der Waals surface area contributed by atoms with Gasteiger partial charge in [0.25, 0.3) is 0 Å². The second-order valence-electron chi connectivity index (χ2n) is 4.61. The molecule has 0 aromatic carbocycles. The van der Waals surface area contributed by atoms with Crippen LogP contribution >= 0.6 is 0 Å². The number of hydrogen-bond acceptors (Lipinski definition) is 5. The van der Waals surface area contributed by atoms with Crippen LogP contribution in [0.2, 0.25) is 0 Å². The Kier molecular flexibility index (Phi) is 3.96. The van der Waals surface area contributed by atoms with Gasteiger partial charge in [-0.25, -0.2) is 0 Å². The normalized spacial score (nSPS) is 20.3. The molecule has 0 amide bonds. The Hall–Kier alpha value is -1.14. The van der Waals surface area contributed by atoms with Gasteiger partial charge in [0.2, 0.25) is 5.69 Å². The lowest BCUT2D eigenvalue weighted by molar-refractivity contribution is -0.785. The van der Waals surface area contributed by atoms with Gasteiger partial charge in [-0.15, -0.1) is 0 Å². The summed E-state index contributed by atoms with van der Waals surface area (Å²) in [5.41, 5.74) is 0.568. The molecule has 1 aromatic heterocycles. The summed E-state index contributed by atoms with van der Waals surface area (Å²) in [5.74, 6) is -0.362. The van der Waals surface area contributed by atoms with Gasteiger partial charge in [0.15, 0.2) is 12.0 Å². The Bertz CT molecular complexity index is 359. The van der Waals surface area contributed by atoms with E-state index < -0.39 is 0 Å². The lowest BCUT2D eigenvalue weighted by Crippen LogP contribution is -2.43. The molecule has 1 aliphatic heterocycles. The summed E-state index contributed by atoms with van der Waals surface area (Å²) < 4.78 is 11.8. The van der Waals surface area contributed by atoms with Crippen molar-refractivity contribution >= 4 is 0 Å². The number of nitrogens with one attached hydrogen (secondary N) is 1. The third-order valence-corrected chi connectivity index (χ3v) is 2.90. The molecule has 17 heavy (non-hydrogen) atoms. The van der Waals surface area contributed by atoms with Gasteiger partial charge in [-0.3, -0.25) is 0 Å². The fourth-order valence-electron chi connectivity index (χ4n) is 1.99. The molecular weight excluding hydrogens is 222 g/mol. The predicted octanol–water partition coefficient (Wildman–Crippen LogP) is -0.115. The quantitative estimate of drug-likeness (QED) is 0.728. The molecule has 0 aliphatic carbocycles. The van der Waals surface area contributed by atoms with Crippen molar-refractivity contribution in [3.8, 4) is 5.95 Å². The summed E-state index contributed by atoms with van der Waals surface area (Å²) in [6.07, 6.45) is 2.49. The fraction of sp³-hybridized carbons (Fsp3) is 0.818. The maximum atomic E-state index is 11.5. The summed E-state index contributed by atoms with van der Waals surface area (Å²) in [6, 6.07) is 0.126. The van der Waals surface area contributed by atoms with Crippen LogP contribution in [0.15, 0.2) is 4.52 Å². The predicted molar refractivity (Wildman–Crippen MR) is 57.2 cm³/mol. The van der Waals surface area contributed by atoms with E-state index in [4.69, 9.17) is 4.74 Å². The molecule has 0 radical (unpaired) electrons. The van der Waals surface area contributed by atoms with Gasteiger partial charge in [-0.1, -0.05) is 4.68 Å². The maximum absolute atomic E-state index is 11.5. The Morgan fingerprint density at radius 1 is 1.59 bits per heavy atom. The molecule has 1 saturated heterocycles. The Morgan fingerprint density at radius 3 is 3.06 bits per heavy atom. The molecule has 1 aliphatic rings. The van der Waals surface area contributed by atoms with Crippen LogP contribution in [-0.2, 0) is 11.3 Å². The second-order valence-corrected chi connectivity index (χ2v) is 4.61. The number of rotatable bonds is 5. The molecule has 2 rings (SSSR count). The van der Waals surface area contributed by atoms with E-state index in [0.717, 1.165) is 26.0 Å². The Balaban J connectivity index is 1.87. The highest BCUT2D eigenvalue weighted by atomic mass is 16.6. The van der Waals surface area contributed by atoms with Crippen molar-refractivity contribution < 1.29 is 19.0 Å². The number of ether oxygens (including phenoxy) is 1. The van der Waals surface area contributed by atoms with Crippen LogP contribution in [0, 0.1) is 0 Å². The molecule has 6 heteroatoms. The summed E-state index contributed by atoms with van der Waals surface area (Å²) in [7, 11) is 0. The minimum atomic E-state index is -0.362. The summed E-state index contributed by atoms with van der Waals surface area (Å²) in [5, 5.41) is 18.4. The lowest BCUT2D eigenvalue weighted by Gasteiger charge is -2.09. The van der Waals surface area contributed by atoms with E-state index in [1.165, 1.54) is 0 Å². The van der Waals surface area contributed by atoms with Crippen molar-refractivity contribution in [2.75, 3.05) is 13.2 Å². The first-order valence-electron chi connectivity index (χ1n) is 6.08. The smallest absolute Gasteiger partial charge is 0.247 e. The van der Waals surface area contributed by atoms with E-state index >= 15 is 0 Å². The molecule has 0 bridgehead atoms. The standard InChI is InChI=1S/C11H19N3O3/c1-8(2)14-10(11(15)17-13-14)7-12-6-9-4-3-5-16-9/h8-9,12H,3-7H2,1-2H3. The van der Waals surface area contributed by atoms with E-state index in [9.17, 15) is 5.11 Å². The molecule has 96 valence electrons. The average Bonchev–Trinajstić information content (AvgIpc) is 2.89. The Labute approximate surface area is 101 Å². The average molecular weight is 241 g/mol. The number of hydrogen-bond donors (Lipinski definition) is 1. The van der Waals surface area contributed by atoms with E-state index in [-0.39, 0.29) is 18.1 Å². The van der Waals surface area contributed by atoms with Crippen molar-refractivity contribution in [3.63, 3.8) is 0 Å². The topological polar surface area (TPSA) is 74.2 Å². The number of aromatic nitrogens is 2. The maximum Gasteiger partial charge on any atom is 0.247 e. The molecule has 1 aromatic rings. The van der Waals surface area contributed by atoms with Gasteiger partial charge in [0.05, 0.1) is 17.9 Å². The summed E-state index contributed by atoms with van der Waals surface area (Å²) >= 11 is 0. The zero-order valence-electron chi connectivity index (χ0n) is 10.3. The summed E-state index contributed by atoms with van der Waals surface area (Å²) in [4.78, 5) is 0. The van der Waals surface area contributed by atoms with Crippen molar-refractivity contribution in [1.29, 1.82) is 0 Å². The Morgan fingerprint density at radius 2 is 2.41 bits per heavy atom. The minimum absolute atomic E-state index is 0.126. The first-order chi connectivity index (χ1) is 8.18. The van der Waals surface area contributed by atoms with Crippen LogP contribution in [0.3, 0.4) is 0 Å². The van der Waals surface area contributed by atoms with Crippen molar-refractivity contribution in [2.24, 2.45) is 0 Å². The van der Waals surface area contributed by atoms with Crippen LogP contribution in [0.1, 0.15) is 38.4 Å². The first-order valence-corrected chi connectivity index (χ1v) is 6.08. The van der Waals surface area contributed by atoms with Crippen molar-refractivity contribution in [1.82, 2.24) is 10.6 Å². The van der Waals surface area contributed by atoms with Crippen LogP contribution in [0.4, 0.5) is 0 Å². The SMILES string of the molecule is CC(C)[n+]1noc([O-])c1CNCC1CCCO1. The highest BCUT2D eigenvalue weighted by Gasteiger charge is 2.21. The molecule has 0 spiro atoms. The molecule has 2 heterocycles. The first kappa shape index (κ1) is 12.3.